The third kappa shape index (κ3) is 3.47. The predicted molar refractivity (Wildman–Crippen MR) is 105 cm³/mol. The summed E-state index contributed by atoms with van der Waals surface area (Å²) in [6, 6.07) is 3.25. The van der Waals surface area contributed by atoms with Crippen molar-refractivity contribution in [3.05, 3.63) is 33.3 Å². The van der Waals surface area contributed by atoms with Crippen LogP contribution in [0.4, 0.5) is 0 Å². The fourth-order valence-corrected chi connectivity index (χ4v) is 6.20. The van der Waals surface area contributed by atoms with E-state index in [9.17, 15) is 30.0 Å². The van der Waals surface area contributed by atoms with Crippen LogP contribution in [0.5, 0.6) is 5.75 Å². The molecule has 1 heterocycles. The SMILES string of the molecule is O=C1C(Cl)=C2c3ccc(OC4O[C@H](C(=O)[O-])[C@@H](O)[C@H](O)[C@H]4O)c(Cl)c3C[C@@]23CC[C@@H]1C3.[Na+]. The van der Waals surface area contributed by atoms with Gasteiger partial charge in [-0.05, 0) is 48.4 Å². The molecule has 0 aromatic heterocycles. The molecule has 7 atom stereocenters. The Kier molecular flexibility index (Phi) is 6.51. The number of rotatable bonds is 3. The second-order valence-electron chi connectivity index (χ2n) is 8.69. The van der Waals surface area contributed by atoms with E-state index >= 15 is 0 Å². The predicted octanol–water partition coefficient (Wildman–Crippen LogP) is -2.84. The zero-order valence-corrected chi connectivity index (χ0v) is 20.6. The molecule has 3 N–H and O–H groups in total. The minimum Gasteiger partial charge on any atom is -0.547 e. The Hall–Kier alpha value is -0.680. The maximum absolute atomic E-state index is 12.5. The van der Waals surface area contributed by atoms with Crippen molar-refractivity contribution in [2.45, 2.75) is 56.4 Å². The topological polar surface area (TPSA) is 136 Å². The van der Waals surface area contributed by atoms with Gasteiger partial charge in [0.15, 0.2) is 5.78 Å². The molecule has 1 saturated carbocycles. The van der Waals surface area contributed by atoms with Crippen LogP contribution in [0.15, 0.2) is 17.2 Å². The number of Topliss-reactive ketones (excluding diaryl/α,β-unsaturated/α-hetero) is 1. The van der Waals surface area contributed by atoms with Crippen molar-refractivity contribution in [2.75, 3.05) is 0 Å². The van der Waals surface area contributed by atoms with Crippen LogP contribution in [0.2, 0.25) is 5.02 Å². The Morgan fingerprint density at radius 2 is 1.91 bits per heavy atom. The summed E-state index contributed by atoms with van der Waals surface area (Å²) in [5.41, 5.74) is 2.12. The number of carboxylic acids is 1. The van der Waals surface area contributed by atoms with E-state index in [0.29, 0.717) is 6.42 Å². The number of carbonyl (C=O) groups excluding carboxylic acids is 2. The molecule has 1 aromatic carbocycles. The van der Waals surface area contributed by atoms with Gasteiger partial charge in [-0.1, -0.05) is 29.3 Å². The summed E-state index contributed by atoms with van der Waals surface area (Å²) in [7, 11) is 0. The minimum absolute atomic E-state index is 0. The zero-order valence-electron chi connectivity index (χ0n) is 17.1. The van der Waals surface area contributed by atoms with Crippen LogP contribution < -0.4 is 39.4 Å². The first-order valence-electron chi connectivity index (χ1n) is 9.98. The second kappa shape index (κ2) is 8.52. The molecule has 11 heteroatoms. The Morgan fingerprint density at radius 1 is 1.19 bits per heavy atom. The number of benzene rings is 1. The maximum Gasteiger partial charge on any atom is 1.00 e. The Labute approximate surface area is 215 Å². The third-order valence-electron chi connectivity index (χ3n) is 6.98. The molecule has 1 aliphatic heterocycles. The van der Waals surface area contributed by atoms with Crippen molar-refractivity contribution in [1.29, 1.82) is 0 Å². The quantitative estimate of drug-likeness (QED) is 0.383. The molecule has 3 aliphatic carbocycles. The molecular formula is C21H19Cl2NaO8. The summed E-state index contributed by atoms with van der Waals surface area (Å²) in [5.74, 6) is -1.75. The standard InChI is InChI=1S/C21H20Cl2O8.Na/c22-12-9-6-21-4-3-7(5-21)14(24)13(23)11(21)8(9)1-2-10(12)30-20-17(27)15(25)16(26)18(31-20)19(28)29;/h1-2,7,15-18,20,25-27H,3-6H2,(H,28,29);/q;+1/p-1/t7-,15+,16+,17-,18+,20?,21+;/m1./s1. The molecule has 1 spiro atoms. The van der Waals surface area contributed by atoms with Gasteiger partial charge in [0.05, 0.1) is 16.0 Å². The van der Waals surface area contributed by atoms with Gasteiger partial charge >= 0.3 is 29.6 Å². The second-order valence-corrected chi connectivity index (χ2v) is 9.44. The van der Waals surface area contributed by atoms with Crippen molar-refractivity contribution in [3.63, 3.8) is 0 Å². The van der Waals surface area contributed by atoms with Gasteiger partial charge in [0.25, 0.3) is 0 Å². The fourth-order valence-electron chi connectivity index (χ4n) is 5.47. The Morgan fingerprint density at radius 3 is 2.59 bits per heavy atom. The summed E-state index contributed by atoms with van der Waals surface area (Å²) in [5, 5.41) is 41.6. The van der Waals surface area contributed by atoms with Crippen LogP contribution in [0.1, 0.15) is 30.4 Å². The van der Waals surface area contributed by atoms with Crippen LogP contribution in [0.25, 0.3) is 5.57 Å². The van der Waals surface area contributed by atoms with Crippen molar-refractivity contribution >= 4 is 40.5 Å². The van der Waals surface area contributed by atoms with E-state index in [0.717, 1.165) is 36.0 Å². The van der Waals surface area contributed by atoms with Crippen LogP contribution in [-0.4, -0.2) is 57.8 Å². The van der Waals surface area contributed by atoms with Gasteiger partial charge in [-0.2, -0.15) is 0 Å². The van der Waals surface area contributed by atoms with Crippen LogP contribution >= 0.6 is 23.2 Å². The molecule has 1 unspecified atom stereocenters. The first-order valence-corrected chi connectivity index (χ1v) is 10.7. The van der Waals surface area contributed by atoms with Crippen molar-refractivity contribution in [2.24, 2.45) is 11.3 Å². The summed E-state index contributed by atoms with van der Waals surface area (Å²) in [4.78, 5) is 23.7. The number of carboxylic acid groups (broad SMARTS) is 1. The monoisotopic (exact) mass is 492 g/mol. The van der Waals surface area contributed by atoms with Gasteiger partial charge in [-0.25, -0.2) is 0 Å². The van der Waals surface area contributed by atoms with E-state index in [2.05, 4.69) is 0 Å². The van der Waals surface area contributed by atoms with Crippen molar-refractivity contribution in [1.82, 2.24) is 0 Å². The van der Waals surface area contributed by atoms with Gasteiger partial charge in [0, 0.05) is 11.3 Å². The van der Waals surface area contributed by atoms with Crippen LogP contribution in [-0.2, 0) is 20.7 Å². The minimum atomic E-state index is -1.89. The van der Waals surface area contributed by atoms with Crippen molar-refractivity contribution < 1.29 is 69.0 Å². The number of ether oxygens (including phenoxy) is 2. The molecule has 166 valence electrons. The van der Waals surface area contributed by atoms with Crippen molar-refractivity contribution in [3.8, 4) is 5.75 Å². The summed E-state index contributed by atoms with van der Waals surface area (Å²) < 4.78 is 10.7. The molecule has 2 fully saturated rings. The number of aliphatic carboxylic acids is 1. The number of ketones is 1. The van der Waals surface area contributed by atoms with Gasteiger partial charge in [-0.15, -0.1) is 0 Å². The Bertz CT molecular complexity index is 1030. The number of hydrogen-bond donors (Lipinski definition) is 3. The first kappa shape index (κ1) is 24.4. The molecule has 0 amide bonds. The summed E-state index contributed by atoms with van der Waals surface area (Å²) in [6.07, 6.45) is -5.98. The van der Waals surface area contributed by atoms with E-state index in [1.54, 1.807) is 6.07 Å². The number of fused-ring (bicyclic) bond motifs is 3. The molecule has 8 nitrogen and oxygen atoms in total. The van der Waals surface area contributed by atoms with Crippen LogP contribution in [0, 0.1) is 11.3 Å². The molecule has 5 rings (SSSR count). The van der Waals surface area contributed by atoms with E-state index in [4.69, 9.17) is 32.7 Å². The Balaban J connectivity index is 0.00000245. The molecule has 32 heavy (non-hydrogen) atoms. The number of aliphatic hydroxyl groups is 3. The number of halogens is 2. The fraction of sp³-hybridized carbons (Fsp3) is 0.524. The average Bonchev–Trinajstić information content (AvgIpc) is 3.28. The molecular weight excluding hydrogens is 474 g/mol. The largest absolute Gasteiger partial charge is 1.00 e. The van der Waals surface area contributed by atoms with Crippen LogP contribution in [0.3, 0.4) is 0 Å². The van der Waals surface area contributed by atoms with Gasteiger partial charge in [-0.3, -0.25) is 4.79 Å². The molecule has 2 bridgehead atoms. The molecule has 1 saturated heterocycles. The van der Waals surface area contributed by atoms with Gasteiger partial charge < -0.3 is 34.7 Å². The smallest absolute Gasteiger partial charge is 0.547 e. The normalized spacial score (nSPS) is 37.6. The zero-order chi connectivity index (χ0) is 22.2. The molecule has 4 aliphatic rings. The van der Waals surface area contributed by atoms with E-state index < -0.39 is 36.7 Å². The molecule has 0 radical (unpaired) electrons. The van der Waals surface area contributed by atoms with E-state index in [1.165, 1.54) is 6.07 Å². The maximum atomic E-state index is 12.5. The number of hydrogen-bond acceptors (Lipinski definition) is 8. The average molecular weight is 493 g/mol. The molecule has 1 aromatic rings. The van der Waals surface area contributed by atoms with Gasteiger partial charge in [0.1, 0.15) is 30.2 Å². The summed E-state index contributed by atoms with van der Waals surface area (Å²) >= 11 is 13.1. The summed E-state index contributed by atoms with van der Waals surface area (Å²) in [6.45, 7) is 0. The first-order chi connectivity index (χ1) is 14.6. The van der Waals surface area contributed by atoms with E-state index in [-0.39, 0.29) is 62.5 Å². The van der Waals surface area contributed by atoms with E-state index in [1.807, 2.05) is 0 Å². The number of carbonyl (C=O) groups is 2. The number of allylic oxidation sites excluding steroid dienone is 2. The van der Waals surface area contributed by atoms with Gasteiger partial charge in [0.2, 0.25) is 6.29 Å². The third-order valence-corrected chi connectivity index (χ3v) is 7.77. The number of aliphatic hydroxyl groups excluding tert-OH is 3.